The van der Waals surface area contributed by atoms with E-state index in [1.54, 1.807) is 0 Å². The molecule has 2 aromatic carbocycles. The third kappa shape index (κ3) is 4.33. The Hall–Kier alpha value is -3.26. The summed E-state index contributed by atoms with van der Waals surface area (Å²) in [6, 6.07) is 13.6. The van der Waals surface area contributed by atoms with Gasteiger partial charge in [0.15, 0.2) is 0 Å². The van der Waals surface area contributed by atoms with E-state index in [0.717, 1.165) is 36.1 Å². The third-order valence-corrected chi connectivity index (χ3v) is 10.6. The Morgan fingerprint density at radius 2 is 1.72 bits per heavy atom. The molecular weight excluding hydrogens is 472 g/mol. The van der Waals surface area contributed by atoms with Gasteiger partial charge in [0.05, 0.1) is 0 Å². The van der Waals surface area contributed by atoms with Crippen LogP contribution in [0.3, 0.4) is 0 Å². The van der Waals surface area contributed by atoms with Crippen molar-refractivity contribution in [2.75, 3.05) is 0 Å². The summed E-state index contributed by atoms with van der Waals surface area (Å²) >= 11 is 0. The van der Waals surface area contributed by atoms with Gasteiger partial charge in [-0.15, -0.1) is 0 Å². The molecule has 0 heterocycles. The second-order valence-corrected chi connectivity index (χ2v) is 13.0. The predicted octanol–water partition coefficient (Wildman–Crippen LogP) is 8.34. The zero-order valence-electron chi connectivity index (χ0n) is 25.0. The standard InChI is InChI=1S/C37H46N2/c1-20-16-28-12-10-11-13-29(28)31(17-20)30-15-14-21(2)22(3)32(30)18-37(9)19-33-23(4)24(5)34(27(8)38)25(6)35(33)36(39)26(37)7/h10-15,17,20,23,33,35H,6,8,16,18-19,38-39H2,1-5,7,9H3. The fourth-order valence-electron chi connectivity index (χ4n) is 7.86. The molecule has 204 valence electrons. The fourth-order valence-corrected chi connectivity index (χ4v) is 7.86. The molecule has 4 N–H and O–H groups in total. The van der Waals surface area contributed by atoms with Crippen LogP contribution in [-0.2, 0) is 12.8 Å². The predicted molar refractivity (Wildman–Crippen MR) is 167 cm³/mol. The van der Waals surface area contributed by atoms with Crippen LogP contribution < -0.4 is 11.5 Å². The Bertz CT molecular complexity index is 1480. The highest BCUT2D eigenvalue weighted by Gasteiger charge is 2.47. The molecule has 2 aromatic rings. The van der Waals surface area contributed by atoms with Crippen molar-refractivity contribution in [2.45, 2.75) is 67.7 Å². The molecule has 0 aromatic heterocycles. The van der Waals surface area contributed by atoms with E-state index in [0.29, 0.717) is 23.5 Å². The van der Waals surface area contributed by atoms with Crippen molar-refractivity contribution in [1.82, 2.24) is 0 Å². The van der Waals surface area contributed by atoms with E-state index in [1.807, 2.05) is 0 Å². The van der Waals surface area contributed by atoms with Crippen LogP contribution in [0.25, 0.3) is 5.57 Å². The Kier molecular flexibility index (Phi) is 6.82. The molecule has 0 saturated heterocycles. The molecule has 39 heavy (non-hydrogen) atoms. The maximum absolute atomic E-state index is 7.07. The van der Waals surface area contributed by atoms with Crippen LogP contribution in [0.2, 0.25) is 0 Å². The summed E-state index contributed by atoms with van der Waals surface area (Å²) in [6.07, 6.45) is 5.64. The van der Waals surface area contributed by atoms with Crippen LogP contribution >= 0.6 is 0 Å². The van der Waals surface area contributed by atoms with Gasteiger partial charge in [-0.05, 0) is 126 Å². The lowest BCUT2D eigenvalue weighted by atomic mass is 9.55. The van der Waals surface area contributed by atoms with Crippen molar-refractivity contribution in [3.05, 3.63) is 123 Å². The van der Waals surface area contributed by atoms with E-state index in [1.165, 1.54) is 50.1 Å². The van der Waals surface area contributed by atoms with Gasteiger partial charge in [0.2, 0.25) is 0 Å². The number of rotatable bonds is 4. The molecule has 2 nitrogen and oxygen atoms in total. The first kappa shape index (κ1) is 27.3. The molecule has 5 unspecified atom stereocenters. The van der Waals surface area contributed by atoms with Crippen LogP contribution in [0.15, 0.2) is 89.3 Å². The average molecular weight is 519 g/mol. The first-order chi connectivity index (χ1) is 18.4. The van der Waals surface area contributed by atoms with Crippen LogP contribution in [0.4, 0.5) is 0 Å². The second kappa shape index (κ2) is 9.73. The highest BCUT2D eigenvalue weighted by Crippen LogP contribution is 2.56. The third-order valence-electron chi connectivity index (χ3n) is 10.6. The van der Waals surface area contributed by atoms with Gasteiger partial charge in [-0.1, -0.05) is 82.0 Å². The zero-order valence-corrected chi connectivity index (χ0v) is 25.0. The van der Waals surface area contributed by atoms with E-state index in [9.17, 15) is 0 Å². The Morgan fingerprint density at radius 3 is 2.41 bits per heavy atom. The summed E-state index contributed by atoms with van der Waals surface area (Å²) in [7, 11) is 0. The van der Waals surface area contributed by atoms with Gasteiger partial charge in [-0.3, -0.25) is 0 Å². The molecule has 0 bridgehead atoms. The summed E-state index contributed by atoms with van der Waals surface area (Å²) in [6.45, 7) is 24.7. The Morgan fingerprint density at radius 1 is 1.03 bits per heavy atom. The van der Waals surface area contributed by atoms with Crippen molar-refractivity contribution in [2.24, 2.45) is 40.6 Å². The van der Waals surface area contributed by atoms with Crippen molar-refractivity contribution in [3.8, 4) is 0 Å². The first-order valence-electron chi connectivity index (χ1n) is 14.6. The molecule has 2 heteroatoms. The largest absolute Gasteiger partial charge is 0.402 e. The maximum Gasteiger partial charge on any atom is 0.0316 e. The maximum atomic E-state index is 7.07. The molecule has 0 amide bonds. The molecule has 5 atom stereocenters. The summed E-state index contributed by atoms with van der Waals surface area (Å²) in [4.78, 5) is 0. The normalized spacial score (nSPS) is 28.7. The van der Waals surface area contributed by atoms with Gasteiger partial charge in [0.1, 0.15) is 0 Å². The number of benzene rings is 2. The second-order valence-electron chi connectivity index (χ2n) is 13.0. The van der Waals surface area contributed by atoms with Crippen LogP contribution in [0.5, 0.6) is 0 Å². The Labute approximate surface area is 236 Å². The van der Waals surface area contributed by atoms with Crippen molar-refractivity contribution in [3.63, 3.8) is 0 Å². The smallest absolute Gasteiger partial charge is 0.0316 e. The molecule has 0 fully saturated rings. The van der Waals surface area contributed by atoms with Gasteiger partial charge in [-0.25, -0.2) is 0 Å². The van der Waals surface area contributed by atoms with Gasteiger partial charge in [-0.2, -0.15) is 0 Å². The SMILES string of the molecule is C=C(N)C1=C(C)C(C)C2CC(C)(Cc3c(C4=CC(C)Cc5ccccc54)ccc(C)c3C)C(C)=C(N)C2C1=C. The molecule has 0 radical (unpaired) electrons. The van der Waals surface area contributed by atoms with Crippen molar-refractivity contribution >= 4 is 5.57 Å². The summed E-state index contributed by atoms with van der Waals surface area (Å²) in [5, 5.41) is 0. The minimum Gasteiger partial charge on any atom is -0.402 e. The van der Waals surface area contributed by atoms with Crippen LogP contribution in [0.1, 0.15) is 74.4 Å². The van der Waals surface area contributed by atoms with E-state index >= 15 is 0 Å². The van der Waals surface area contributed by atoms with Gasteiger partial charge >= 0.3 is 0 Å². The van der Waals surface area contributed by atoms with Gasteiger partial charge < -0.3 is 11.5 Å². The number of hydrogen-bond donors (Lipinski definition) is 2. The highest BCUT2D eigenvalue weighted by atomic mass is 14.7. The molecular formula is C37H46N2. The fraction of sp³-hybridized carbons (Fsp3) is 0.405. The lowest BCUT2D eigenvalue weighted by Crippen LogP contribution is -2.44. The highest BCUT2D eigenvalue weighted by molar-refractivity contribution is 5.85. The molecule has 0 aliphatic heterocycles. The minimum absolute atomic E-state index is 0.0506. The lowest BCUT2D eigenvalue weighted by molar-refractivity contribution is 0.176. The van der Waals surface area contributed by atoms with Crippen molar-refractivity contribution < 1.29 is 0 Å². The number of aryl methyl sites for hydroxylation is 1. The molecule has 0 saturated carbocycles. The van der Waals surface area contributed by atoms with E-state index in [-0.39, 0.29) is 11.3 Å². The molecule has 5 rings (SSSR count). The summed E-state index contributed by atoms with van der Waals surface area (Å²) in [5.41, 5.74) is 29.4. The molecule has 3 aliphatic rings. The number of nitrogens with two attached hydrogens (primary N) is 2. The average Bonchev–Trinajstić information content (AvgIpc) is 2.88. The van der Waals surface area contributed by atoms with Gasteiger partial charge in [0.25, 0.3) is 0 Å². The summed E-state index contributed by atoms with van der Waals surface area (Å²) in [5.74, 6) is 1.41. The van der Waals surface area contributed by atoms with E-state index in [2.05, 4.69) is 104 Å². The molecule has 3 aliphatic carbocycles. The number of hydrogen-bond acceptors (Lipinski definition) is 2. The lowest BCUT2D eigenvalue weighted by Gasteiger charge is -2.50. The number of allylic oxidation sites excluding steroid dienone is 5. The quantitative estimate of drug-likeness (QED) is 0.427. The van der Waals surface area contributed by atoms with Crippen LogP contribution in [0, 0.1) is 42.9 Å². The monoisotopic (exact) mass is 518 g/mol. The number of fused-ring (bicyclic) bond motifs is 2. The Balaban J connectivity index is 1.62. The minimum atomic E-state index is -0.0506. The molecule has 0 spiro atoms. The van der Waals surface area contributed by atoms with E-state index in [4.69, 9.17) is 11.5 Å². The van der Waals surface area contributed by atoms with E-state index < -0.39 is 0 Å². The van der Waals surface area contributed by atoms with Crippen molar-refractivity contribution in [1.29, 1.82) is 0 Å². The van der Waals surface area contributed by atoms with Crippen LogP contribution in [-0.4, -0.2) is 0 Å². The zero-order chi connectivity index (χ0) is 28.4. The summed E-state index contributed by atoms with van der Waals surface area (Å²) < 4.78 is 0. The van der Waals surface area contributed by atoms with Gasteiger partial charge in [0, 0.05) is 17.3 Å². The first-order valence-corrected chi connectivity index (χ1v) is 14.6. The topological polar surface area (TPSA) is 52.0 Å².